The SMILES string of the molecule is CC(C)Nc1ncccn1.CC(C)n1c(=O)[nH]c2ccccc21.CC(C)n1cnc2ccccc21.CC(C)n1ncc2ccccc21.Cc1cn(C(C)C)nc1C. The van der Waals surface area contributed by atoms with Crippen molar-refractivity contribution in [3.8, 4) is 0 Å². The van der Waals surface area contributed by atoms with Gasteiger partial charge in [0.05, 0.1) is 45.8 Å². The molecule has 0 aliphatic carbocycles. The van der Waals surface area contributed by atoms with E-state index in [4.69, 9.17) is 0 Å². The highest BCUT2D eigenvalue weighted by Gasteiger charge is 2.08. The van der Waals surface area contributed by atoms with Crippen LogP contribution in [0.3, 0.4) is 0 Å². The standard InChI is InChI=1S/C10H12N2O.2C10H12N2.C8H14N2.C7H11N3/c1-7(2)12-9-6-4-3-5-8(9)11-10(12)13;1-8(2)12-7-11-9-5-3-4-6-10(9)12;1-8(2)12-10-6-4-3-5-9(10)7-11-12;1-6(2)10-5-7(3)8(4)9-10;1-6(2)10-7-8-4-3-5-9-7/h3-7H,1-2H3,(H,11,13);2*3-8H,1-2H3;5-6H,1-4H3;3-6H,1-2H3,(H,8,9,10). The predicted octanol–water partition coefficient (Wildman–Crippen LogP) is 10.5. The fourth-order valence-corrected chi connectivity index (χ4v) is 5.85. The summed E-state index contributed by atoms with van der Waals surface area (Å²) in [6, 6.07) is 28.0. The van der Waals surface area contributed by atoms with Crippen LogP contribution < -0.4 is 11.0 Å². The highest BCUT2D eigenvalue weighted by Crippen LogP contribution is 2.18. The quantitative estimate of drug-likeness (QED) is 0.172. The van der Waals surface area contributed by atoms with Gasteiger partial charge in [0.2, 0.25) is 5.95 Å². The minimum atomic E-state index is -0.0313. The van der Waals surface area contributed by atoms with E-state index in [1.807, 2.05) is 97.3 Å². The van der Waals surface area contributed by atoms with Crippen molar-refractivity contribution in [1.29, 1.82) is 0 Å². The number of H-pyrrole nitrogens is 1. The van der Waals surface area contributed by atoms with Gasteiger partial charge in [-0.15, -0.1) is 0 Å². The number of aromatic amines is 1. The van der Waals surface area contributed by atoms with Crippen LogP contribution in [0.15, 0.2) is 115 Å². The summed E-state index contributed by atoms with van der Waals surface area (Å²) >= 11 is 0. The molecule has 0 saturated carbocycles. The molecule has 0 aliphatic heterocycles. The van der Waals surface area contributed by atoms with Crippen molar-refractivity contribution < 1.29 is 0 Å². The molecule has 0 unspecified atom stereocenters. The fourth-order valence-electron chi connectivity index (χ4n) is 5.85. The molecule has 0 spiro atoms. The Kier molecular flexibility index (Phi) is 15.9. The van der Waals surface area contributed by atoms with Crippen LogP contribution in [0.25, 0.3) is 33.0 Å². The van der Waals surface area contributed by atoms with Crippen molar-refractivity contribution in [1.82, 2.24) is 48.6 Å². The first-order chi connectivity index (χ1) is 27.2. The predicted molar refractivity (Wildman–Crippen MR) is 236 cm³/mol. The summed E-state index contributed by atoms with van der Waals surface area (Å²) in [5.41, 5.74) is 7.76. The second-order valence-electron chi connectivity index (χ2n) is 15.2. The summed E-state index contributed by atoms with van der Waals surface area (Å²) in [6.45, 7) is 25.1. The van der Waals surface area contributed by atoms with Gasteiger partial charge in [-0.25, -0.2) is 19.7 Å². The summed E-state index contributed by atoms with van der Waals surface area (Å²) in [5.74, 6) is 0.692. The molecule has 5 heterocycles. The number of nitrogens with one attached hydrogen (secondary N) is 2. The topological polar surface area (TPSA) is 129 Å². The van der Waals surface area contributed by atoms with Gasteiger partial charge in [-0.2, -0.15) is 10.2 Å². The molecule has 5 aromatic heterocycles. The van der Waals surface area contributed by atoms with Crippen LogP contribution in [0.2, 0.25) is 0 Å². The van der Waals surface area contributed by atoms with E-state index in [1.165, 1.54) is 22.0 Å². The fraction of sp³-hybridized carbons (Fsp3) is 0.378. The number of para-hydroxylation sites is 5. The zero-order valence-electron chi connectivity index (χ0n) is 35.7. The molecule has 12 nitrogen and oxygen atoms in total. The summed E-state index contributed by atoms with van der Waals surface area (Å²) in [4.78, 5) is 26.6. The Morgan fingerprint density at radius 1 is 0.649 bits per heavy atom. The lowest BCUT2D eigenvalue weighted by atomic mass is 10.2. The molecule has 0 fully saturated rings. The number of hydrogen-bond acceptors (Lipinski definition) is 7. The summed E-state index contributed by atoms with van der Waals surface area (Å²) in [6.07, 6.45) is 9.33. The number of imidazole rings is 2. The Labute approximate surface area is 337 Å². The molecule has 2 N–H and O–H groups in total. The third kappa shape index (κ3) is 12.2. The molecule has 0 bridgehead atoms. The Balaban J connectivity index is 0.000000159. The van der Waals surface area contributed by atoms with E-state index in [9.17, 15) is 4.79 Å². The summed E-state index contributed by atoms with van der Waals surface area (Å²) in [5, 5.41) is 12.9. The maximum absolute atomic E-state index is 11.5. The second-order valence-corrected chi connectivity index (χ2v) is 15.2. The van der Waals surface area contributed by atoms with Crippen molar-refractivity contribution in [3.63, 3.8) is 0 Å². The number of fused-ring (bicyclic) bond motifs is 3. The van der Waals surface area contributed by atoms with E-state index < -0.39 is 0 Å². The van der Waals surface area contributed by atoms with E-state index >= 15 is 0 Å². The molecular formula is C45H61N11O. The Morgan fingerprint density at radius 2 is 1.26 bits per heavy atom. The first kappa shape index (κ1) is 43.7. The van der Waals surface area contributed by atoms with Crippen LogP contribution in [0.5, 0.6) is 0 Å². The number of hydrogen-bond donors (Lipinski definition) is 2. The van der Waals surface area contributed by atoms with Gasteiger partial charge in [0, 0.05) is 54.2 Å². The largest absolute Gasteiger partial charge is 0.352 e. The monoisotopic (exact) mass is 772 g/mol. The zero-order valence-corrected chi connectivity index (χ0v) is 35.7. The molecule has 0 saturated heterocycles. The Morgan fingerprint density at radius 3 is 1.82 bits per heavy atom. The lowest BCUT2D eigenvalue weighted by Gasteiger charge is -2.06. The van der Waals surface area contributed by atoms with Crippen LogP contribution in [0.4, 0.5) is 5.95 Å². The molecule has 8 aromatic rings. The van der Waals surface area contributed by atoms with Crippen LogP contribution >= 0.6 is 0 Å². The Hall–Kier alpha value is -6.04. The lowest BCUT2D eigenvalue weighted by Crippen LogP contribution is -2.18. The highest BCUT2D eigenvalue weighted by molar-refractivity contribution is 5.78. The number of nitrogens with zero attached hydrogens (tertiary/aromatic N) is 9. The first-order valence-electron chi connectivity index (χ1n) is 19.8. The lowest BCUT2D eigenvalue weighted by molar-refractivity contribution is 0.529. The van der Waals surface area contributed by atoms with Crippen LogP contribution in [-0.4, -0.2) is 54.7 Å². The van der Waals surface area contributed by atoms with Gasteiger partial charge in [-0.05, 0) is 125 Å². The molecule has 0 atom stereocenters. The average molecular weight is 772 g/mol. The smallest absolute Gasteiger partial charge is 0.326 e. The van der Waals surface area contributed by atoms with Gasteiger partial charge in [-0.1, -0.05) is 42.5 Å². The van der Waals surface area contributed by atoms with Crippen LogP contribution in [0.1, 0.15) is 105 Å². The van der Waals surface area contributed by atoms with Gasteiger partial charge in [0.1, 0.15) is 0 Å². The number of anilines is 1. The maximum Gasteiger partial charge on any atom is 0.326 e. The number of aromatic nitrogens is 10. The van der Waals surface area contributed by atoms with Crippen molar-refractivity contribution in [2.45, 2.75) is 113 Å². The van der Waals surface area contributed by atoms with E-state index in [0.717, 1.165) is 22.2 Å². The minimum absolute atomic E-state index is 0.0313. The normalized spacial score (nSPS) is 11.0. The van der Waals surface area contributed by atoms with Crippen LogP contribution in [-0.2, 0) is 0 Å². The average Bonchev–Trinajstić information content (AvgIpc) is 3.96. The maximum atomic E-state index is 11.5. The van der Waals surface area contributed by atoms with Gasteiger partial charge in [-0.3, -0.25) is 13.9 Å². The van der Waals surface area contributed by atoms with E-state index in [-0.39, 0.29) is 11.7 Å². The number of benzene rings is 3. The summed E-state index contributed by atoms with van der Waals surface area (Å²) in [7, 11) is 0. The third-order valence-corrected chi connectivity index (χ3v) is 8.85. The van der Waals surface area contributed by atoms with Gasteiger partial charge >= 0.3 is 5.69 Å². The summed E-state index contributed by atoms with van der Waals surface area (Å²) < 4.78 is 7.96. The molecular weight excluding hydrogens is 711 g/mol. The van der Waals surface area contributed by atoms with Gasteiger partial charge in [0.25, 0.3) is 0 Å². The molecule has 12 heteroatoms. The van der Waals surface area contributed by atoms with Crippen LogP contribution in [0, 0.1) is 13.8 Å². The van der Waals surface area contributed by atoms with E-state index in [1.54, 1.807) is 23.0 Å². The van der Waals surface area contributed by atoms with E-state index in [2.05, 4.69) is 127 Å². The first-order valence-corrected chi connectivity index (χ1v) is 19.8. The molecule has 0 aliphatic rings. The molecule has 0 amide bonds. The van der Waals surface area contributed by atoms with Crippen molar-refractivity contribution in [2.75, 3.05) is 5.32 Å². The van der Waals surface area contributed by atoms with Gasteiger partial charge in [0.15, 0.2) is 0 Å². The molecule has 57 heavy (non-hydrogen) atoms. The molecule has 8 rings (SSSR count). The number of rotatable bonds is 6. The minimum Gasteiger partial charge on any atom is -0.352 e. The van der Waals surface area contributed by atoms with Crippen molar-refractivity contribution in [2.24, 2.45) is 0 Å². The van der Waals surface area contributed by atoms with Gasteiger partial charge < -0.3 is 14.9 Å². The molecule has 3 aromatic carbocycles. The third-order valence-electron chi connectivity index (χ3n) is 8.85. The van der Waals surface area contributed by atoms with Crippen molar-refractivity contribution >= 4 is 38.9 Å². The highest BCUT2D eigenvalue weighted by atomic mass is 16.1. The number of aryl methyl sites for hydroxylation is 2. The zero-order chi connectivity index (χ0) is 41.6. The molecule has 0 radical (unpaired) electrons. The van der Waals surface area contributed by atoms with E-state index in [0.29, 0.717) is 30.1 Å². The molecule has 302 valence electrons. The van der Waals surface area contributed by atoms with Crippen molar-refractivity contribution in [3.05, 3.63) is 132 Å². The second kappa shape index (κ2) is 20.8. The Bertz CT molecular complexity index is 2350.